The van der Waals surface area contributed by atoms with Crippen LogP contribution in [-0.4, -0.2) is 9.78 Å². The second-order valence-electron chi connectivity index (χ2n) is 4.97. The van der Waals surface area contributed by atoms with Crippen LogP contribution in [0.3, 0.4) is 0 Å². The molecule has 2 aromatic rings. The van der Waals surface area contributed by atoms with Crippen LogP contribution in [0.15, 0.2) is 30.3 Å². The van der Waals surface area contributed by atoms with Crippen LogP contribution in [0, 0.1) is 0 Å². The number of nitrogens with zero attached hydrogens (tertiary/aromatic N) is 2. The van der Waals surface area contributed by atoms with E-state index < -0.39 is 11.9 Å². The summed E-state index contributed by atoms with van der Waals surface area (Å²) in [5.74, 6) is 0.171. The van der Waals surface area contributed by atoms with Gasteiger partial charge >= 0.3 is 6.18 Å². The Balaban J connectivity index is 2.14. The summed E-state index contributed by atoms with van der Waals surface area (Å²) in [4.78, 5) is 0. The molecule has 1 fully saturated rings. The quantitative estimate of drug-likeness (QED) is 0.938. The van der Waals surface area contributed by atoms with Crippen molar-refractivity contribution in [1.82, 2.24) is 9.78 Å². The summed E-state index contributed by atoms with van der Waals surface area (Å²) in [6.45, 7) is 0.265. The van der Waals surface area contributed by atoms with Gasteiger partial charge in [-0.05, 0) is 30.5 Å². The Morgan fingerprint density at radius 2 is 1.95 bits per heavy atom. The molecular formula is C14H14F3N3. The lowest BCUT2D eigenvalue weighted by Gasteiger charge is -2.11. The van der Waals surface area contributed by atoms with E-state index in [9.17, 15) is 13.2 Å². The number of aromatic nitrogens is 2. The average molecular weight is 281 g/mol. The van der Waals surface area contributed by atoms with E-state index in [4.69, 9.17) is 5.73 Å². The van der Waals surface area contributed by atoms with E-state index >= 15 is 0 Å². The molecule has 2 N–H and O–H groups in total. The molecule has 3 nitrogen and oxygen atoms in total. The summed E-state index contributed by atoms with van der Waals surface area (Å²) < 4.78 is 40.0. The second-order valence-corrected chi connectivity index (χ2v) is 4.97. The highest BCUT2D eigenvalue weighted by atomic mass is 19.4. The van der Waals surface area contributed by atoms with Gasteiger partial charge in [-0.3, -0.25) is 0 Å². The van der Waals surface area contributed by atoms with Gasteiger partial charge in [-0.2, -0.15) is 18.3 Å². The number of rotatable bonds is 3. The Kier molecular flexibility index (Phi) is 3.05. The number of hydrogen-bond donors (Lipinski definition) is 1. The van der Waals surface area contributed by atoms with Crippen molar-refractivity contribution in [3.8, 4) is 5.69 Å². The van der Waals surface area contributed by atoms with E-state index in [0.717, 1.165) is 24.5 Å². The zero-order valence-electron chi connectivity index (χ0n) is 10.7. The zero-order chi connectivity index (χ0) is 14.3. The van der Waals surface area contributed by atoms with Gasteiger partial charge in [-0.25, -0.2) is 4.68 Å². The van der Waals surface area contributed by atoms with Crippen LogP contribution in [0.4, 0.5) is 13.2 Å². The van der Waals surface area contributed by atoms with Crippen molar-refractivity contribution in [3.05, 3.63) is 47.3 Å². The first-order valence-corrected chi connectivity index (χ1v) is 6.46. The fraction of sp³-hybridized carbons (Fsp3) is 0.357. The molecule has 1 aliphatic rings. The molecule has 0 bridgehead atoms. The number of hydrogen-bond acceptors (Lipinski definition) is 2. The Labute approximate surface area is 114 Å². The monoisotopic (exact) mass is 281 g/mol. The minimum absolute atomic E-state index is 0.171. The number of nitrogens with two attached hydrogens (primary N) is 1. The summed E-state index contributed by atoms with van der Waals surface area (Å²) in [7, 11) is 0. The molecule has 0 spiro atoms. The van der Waals surface area contributed by atoms with Gasteiger partial charge < -0.3 is 5.73 Å². The maximum atomic E-state index is 12.9. The average Bonchev–Trinajstić information content (AvgIpc) is 3.16. The van der Waals surface area contributed by atoms with Crippen molar-refractivity contribution in [2.75, 3.05) is 0 Å². The van der Waals surface area contributed by atoms with Gasteiger partial charge in [0.2, 0.25) is 0 Å². The molecule has 20 heavy (non-hydrogen) atoms. The van der Waals surface area contributed by atoms with Crippen LogP contribution in [0.5, 0.6) is 0 Å². The molecule has 0 unspecified atom stereocenters. The third kappa shape index (κ3) is 2.31. The topological polar surface area (TPSA) is 43.8 Å². The molecular weight excluding hydrogens is 267 g/mol. The van der Waals surface area contributed by atoms with Gasteiger partial charge in [0.15, 0.2) is 5.69 Å². The van der Waals surface area contributed by atoms with Gasteiger partial charge in [-0.15, -0.1) is 0 Å². The highest BCUT2D eigenvalue weighted by Crippen LogP contribution is 2.43. The van der Waals surface area contributed by atoms with Crippen LogP contribution in [-0.2, 0) is 12.7 Å². The predicted octanol–water partition coefficient (Wildman–Crippen LogP) is 3.23. The van der Waals surface area contributed by atoms with Gasteiger partial charge in [-0.1, -0.05) is 18.2 Å². The van der Waals surface area contributed by atoms with E-state index in [1.54, 1.807) is 18.2 Å². The van der Waals surface area contributed by atoms with E-state index in [1.807, 2.05) is 6.07 Å². The fourth-order valence-corrected chi connectivity index (χ4v) is 2.29. The first-order valence-electron chi connectivity index (χ1n) is 6.46. The van der Waals surface area contributed by atoms with Crippen molar-refractivity contribution < 1.29 is 13.2 Å². The van der Waals surface area contributed by atoms with Crippen LogP contribution in [0.25, 0.3) is 5.69 Å². The van der Waals surface area contributed by atoms with Crippen molar-refractivity contribution >= 4 is 0 Å². The third-order valence-corrected chi connectivity index (χ3v) is 3.46. The van der Waals surface area contributed by atoms with Gasteiger partial charge in [0, 0.05) is 18.2 Å². The van der Waals surface area contributed by atoms with Crippen molar-refractivity contribution in [2.24, 2.45) is 5.73 Å². The predicted molar refractivity (Wildman–Crippen MR) is 68.4 cm³/mol. The maximum Gasteiger partial charge on any atom is 0.435 e. The first-order chi connectivity index (χ1) is 9.50. The number of halogens is 3. The Hall–Kier alpha value is -1.82. The summed E-state index contributed by atoms with van der Waals surface area (Å²) >= 11 is 0. The fourth-order valence-electron chi connectivity index (χ4n) is 2.29. The van der Waals surface area contributed by atoms with Crippen LogP contribution < -0.4 is 5.73 Å². The molecule has 0 saturated heterocycles. The highest BCUT2D eigenvalue weighted by Gasteiger charge is 2.38. The first kappa shape index (κ1) is 13.2. The van der Waals surface area contributed by atoms with Gasteiger partial charge in [0.25, 0.3) is 0 Å². The molecule has 1 aromatic carbocycles. The second kappa shape index (κ2) is 4.63. The largest absolute Gasteiger partial charge is 0.435 e. The zero-order valence-corrected chi connectivity index (χ0v) is 10.7. The lowest BCUT2D eigenvalue weighted by molar-refractivity contribution is -0.141. The molecule has 0 radical (unpaired) electrons. The molecule has 1 heterocycles. The highest BCUT2D eigenvalue weighted by molar-refractivity contribution is 5.43. The van der Waals surface area contributed by atoms with E-state index in [-0.39, 0.29) is 12.5 Å². The van der Waals surface area contributed by atoms with Gasteiger partial charge in [0.05, 0.1) is 5.69 Å². The van der Waals surface area contributed by atoms with E-state index in [2.05, 4.69) is 5.10 Å². The summed E-state index contributed by atoms with van der Waals surface area (Å²) in [5.41, 5.74) is 6.86. The summed E-state index contributed by atoms with van der Waals surface area (Å²) in [6, 6.07) is 8.31. The number of alkyl halides is 3. The van der Waals surface area contributed by atoms with Crippen LogP contribution in [0.2, 0.25) is 0 Å². The summed E-state index contributed by atoms with van der Waals surface area (Å²) in [5, 5.41) is 3.76. The number of para-hydroxylation sites is 1. The molecule has 0 aliphatic heterocycles. The molecule has 0 amide bonds. The maximum absolute atomic E-state index is 12.9. The SMILES string of the molecule is NCc1ccccc1-n1nc(C(F)(F)F)cc1C1CC1. The van der Waals surface area contributed by atoms with E-state index in [0.29, 0.717) is 11.4 Å². The standard InChI is InChI=1S/C14H14F3N3/c15-14(16,17)13-7-12(9-5-6-9)20(19-13)11-4-2-1-3-10(11)8-18/h1-4,7,9H,5-6,8,18H2. The lowest BCUT2D eigenvalue weighted by atomic mass is 10.1. The summed E-state index contributed by atoms with van der Waals surface area (Å²) in [6.07, 6.45) is -2.60. The number of benzene rings is 1. The molecule has 1 aliphatic carbocycles. The van der Waals surface area contributed by atoms with Crippen molar-refractivity contribution in [2.45, 2.75) is 31.5 Å². The van der Waals surface area contributed by atoms with Crippen molar-refractivity contribution in [3.63, 3.8) is 0 Å². The molecule has 6 heteroatoms. The normalized spacial score (nSPS) is 15.6. The Morgan fingerprint density at radius 1 is 1.25 bits per heavy atom. The minimum Gasteiger partial charge on any atom is -0.326 e. The molecule has 3 rings (SSSR count). The lowest BCUT2D eigenvalue weighted by Crippen LogP contribution is -2.10. The smallest absolute Gasteiger partial charge is 0.326 e. The van der Waals surface area contributed by atoms with Crippen LogP contribution in [0.1, 0.15) is 35.7 Å². The minimum atomic E-state index is -4.42. The van der Waals surface area contributed by atoms with Crippen molar-refractivity contribution in [1.29, 1.82) is 0 Å². The molecule has 1 aromatic heterocycles. The third-order valence-electron chi connectivity index (χ3n) is 3.46. The molecule has 0 atom stereocenters. The van der Waals surface area contributed by atoms with E-state index in [1.165, 1.54) is 4.68 Å². The molecule has 106 valence electrons. The Bertz CT molecular complexity index is 627. The molecule has 1 saturated carbocycles. The van der Waals surface area contributed by atoms with Gasteiger partial charge in [0.1, 0.15) is 0 Å². The Morgan fingerprint density at radius 3 is 2.55 bits per heavy atom. The van der Waals surface area contributed by atoms with Crippen LogP contribution >= 0.6 is 0 Å².